The normalized spacial score (nSPS) is 14.6. The van der Waals surface area contributed by atoms with E-state index in [1.54, 1.807) is 42.5 Å². The Balaban J connectivity index is 1.65. The molecule has 38 heavy (non-hydrogen) atoms. The number of aliphatic imine (C=N–C) groups is 1. The zero-order valence-corrected chi connectivity index (χ0v) is 21.6. The minimum atomic E-state index is -0.848. The van der Waals surface area contributed by atoms with Gasteiger partial charge in [0, 0.05) is 23.9 Å². The summed E-state index contributed by atoms with van der Waals surface area (Å²) in [7, 11) is 5.21. The Bertz CT molecular complexity index is 1350. The fraction of sp³-hybridized carbons (Fsp3) is 0.241. The number of benzene rings is 3. The number of amides is 2. The molecular formula is C29H30N4O5. The summed E-state index contributed by atoms with van der Waals surface area (Å²) in [4.78, 5) is 44.4. The largest absolute Gasteiger partial charge is 0.513 e. The van der Waals surface area contributed by atoms with Gasteiger partial charge in [-0.2, -0.15) is 0 Å². The van der Waals surface area contributed by atoms with E-state index < -0.39 is 12.1 Å². The molecule has 2 N–H and O–H groups in total. The molecule has 0 radical (unpaired) electrons. The highest BCUT2D eigenvalue weighted by Gasteiger charge is 2.36. The summed E-state index contributed by atoms with van der Waals surface area (Å²) in [6.45, 7) is 1.45. The number of ether oxygens (including phenoxy) is 2. The number of rotatable bonds is 9. The van der Waals surface area contributed by atoms with Gasteiger partial charge >= 0.3 is 6.16 Å². The maximum absolute atomic E-state index is 13.2. The first-order valence-corrected chi connectivity index (χ1v) is 12.2. The van der Waals surface area contributed by atoms with Gasteiger partial charge in [0.25, 0.3) is 5.91 Å². The monoisotopic (exact) mass is 514 g/mol. The predicted octanol–water partition coefficient (Wildman–Crippen LogP) is 4.37. The Morgan fingerprint density at radius 1 is 1.00 bits per heavy atom. The molecule has 4 rings (SSSR count). The third kappa shape index (κ3) is 6.43. The third-order valence-corrected chi connectivity index (χ3v) is 5.99. The number of carbonyl (C=O) groups is 3. The van der Waals surface area contributed by atoms with Crippen molar-refractivity contribution in [3.05, 3.63) is 89.5 Å². The fourth-order valence-electron chi connectivity index (χ4n) is 4.17. The summed E-state index contributed by atoms with van der Waals surface area (Å²) in [6.07, 6.45) is -0.00360. The van der Waals surface area contributed by atoms with Crippen molar-refractivity contribution in [3.8, 4) is 5.75 Å². The zero-order chi connectivity index (χ0) is 27.1. The van der Waals surface area contributed by atoms with Gasteiger partial charge in [-0.1, -0.05) is 42.5 Å². The molecule has 0 saturated carbocycles. The number of anilines is 1. The summed E-state index contributed by atoms with van der Waals surface area (Å²) in [5.41, 5.74) is 3.57. The molecule has 1 atom stereocenters. The summed E-state index contributed by atoms with van der Waals surface area (Å²) in [5, 5.41) is 5.80. The molecule has 1 unspecified atom stereocenters. The topological polar surface area (TPSA) is 109 Å². The summed E-state index contributed by atoms with van der Waals surface area (Å²) in [6, 6.07) is 21.4. The standard InChI is InChI=1S/C29H30N4O5/c1-33(2)16-8-15-30-27(34)20-11-7-12-21(17-20)31-26(19-9-5-4-6-10-19)25-23-14-13-22(38-29(36)37-3)18-24(23)32-28(25)35/h4-7,9-14,17-18,25H,8,15-16H2,1-3H3,(H,30,34)(H,32,35). The lowest BCUT2D eigenvalue weighted by Crippen LogP contribution is -2.27. The van der Waals surface area contributed by atoms with E-state index in [2.05, 4.69) is 20.3 Å². The number of nitrogens with one attached hydrogen (secondary N) is 2. The number of nitrogens with zero attached hydrogens (tertiary/aromatic N) is 2. The maximum Gasteiger partial charge on any atom is 0.513 e. The quantitative estimate of drug-likeness (QED) is 0.190. The van der Waals surface area contributed by atoms with Crippen LogP contribution in [-0.4, -0.2) is 62.9 Å². The molecule has 1 aliphatic rings. The van der Waals surface area contributed by atoms with Crippen LogP contribution < -0.4 is 15.4 Å². The van der Waals surface area contributed by atoms with E-state index >= 15 is 0 Å². The van der Waals surface area contributed by atoms with Gasteiger partial charge in [0.2, 0.25) is 5.91 Å². The zero-order valence-electron chi connectivity index (χ0n) is 21.6. The van der Waals surface area contributed by atoms with Crippen LogP contribution in [0.3, 0.4) is 0 Å². The van der Waals surface area contributed by atoms with Crippen LogP contribution in [0.25, 0.3) is 0 Å². The molecule has 3 aromatic carbocycles. The summed E-state index contributed by atoms with van der Waals surface area (Å²) < 4.78 is 9.64. The van der Waals surface area contributed by atoms with Crippen molar-refractivity contribution in [1.29, 1.82) is 0 Å². The minimum absolute atomic E-state index is 0.177. The SMILES string of the molecule is COC(=O)Oc1ccc2c(c1)NC(=O)C2C(=Nc1cccc(C(=O)NCCCN(C)C)c1)c1ccccc1. The van der Waals surface area contributed by atoms with E-state index in [9.17, 15) is 14.4 Å². The van der Waals surface area contributed by atoms with Gasteiger partial charge < -0.3 is 25.0 Å². The second-order valence-electron chi connectivity index (χ2n) is 9.05. The van der Waals surface area contributed by atoms with Crippen LogP contribution in [0.15, 0.2) is 77.8 Å². The molecule has 2 amide bonds. The number of carbonyl (C=O) groups excluding carboxylic acids is 3. The van der Waals surface area contributed by atoms with Crippen LogP contribution in [0.1, 0.15) is 33.8 Å². The van der Waals surface area contributed by atoms with Gasteiger partial charge in [-0.3, -0.25) is 14.6 Å². The summed E-state index contributed by atoms with van der Waals surface area (Å²) >= 11 is 0. The molecule has 1 heterocycles. The molecule has 0 saturated heterocycles. The fourth-order valence-corrected chi connectivity index (χ4v) is 4.17. The number of methoxy groups -OCH3 is 1. The van der Waals surface area contributed by atoms with Crippen LogP contribution in [0.5, 0.6) is 5.75 Å². The van der Waals surface area contributed by atoms with Gasteiger partial charge in [-0.15, -0.1) is 0 Å². The van der Waals surface area contributed by atoms with Gasteiger partial charge in [0.1, 0.15) is 11.7 Å². The first-order valence-electron chi connectivity index (χ1n) is 12.2. The Morgan fingerprint density at radius 2 is 1.76 bits per heavy atom. The first kappa shape index (κ1) is 26.6. The van der Waals surface area contributed by atoms with Gasteiger partial charge in [-0.05, 0) is 62.5 Å². The molecule has 0 bridgehead atoms. The Morgan fingerprint density at radius 3 is 2.50 bits per heavy atom. The van der Waals surface area contributed by atoms with Crippen molar-refractivity contribution in [2.75, 3.05) is 39.6 Å². The van der Waals surface area contributed by atoms with E-state index in [1.165, 1.54) is 7.11 Å². The lowest BCUT2D eigenvalue weighted by molar-refractivity contribution is -0.115. The lowest BCUT2D eigenvalue weighted by Gasteiger charge is -2.14. The number of hydrogen-bond acceptors (Lipinski definition) is 7. The van der Waals surface area contributed by atoms with Crippen LogP contribution in [0, 0.1) is 0 Å². The van der Waals surface area contributed by atoms with Crippen molar-refractivity contribution in [2.45, 2.75) is 12.3 Å². The van der Waals surface area contributed by atoms with E-state index in [1.807, 2.05) is 44.4 Å². The average Bonchev–Trinajstić information content (AvgIpc) is 3.24. The van der Waals surface area contributed by atoms with Crippen LogP contribution in [0.4, 0.5) is 16.2 Å². The number of fused-ring (bicyclic) bond motifs is 1. The minimum Gasteiger partial charge on any atom is -0.437 e. The molecule has 0 aliphatic carbocycles. The first-order chi connectivity index (χ1) is 18.4. The predicted molar refractivity (Wildman–Crippen MR) is 145 cm³/mol. The highest BCUT2D eigenvalue weighted by Crippen LogP contribution is 2.38. The third-order valence-electron chi connectivity index (χ3n) is 5.99. The Labute approximate surface area is 221 Å². The van der Waals surface area contributed by atoms with Gasteiger partial charge in [0.05, 0.1) is 18.5 Å². The molecule has 1 aliphatic heterocycles. The lowest BCUT2D eigenvalue weighted by atomic mass is 9.90. The second kappa shape index (κ2) is 12.2. The Kier molecular flexibility index (Phi) is 8.50. The van der Waals surface area contributed by atoms with Crippen molar-refractivity contribution in [2.24, 2.45) is 4.99 Å². The van der Waals surface area contributed by atoms with E-state index in [0.29, 0.717) is 34.8 Å². The molecule has 3 aromatic rings. The molecule has 9 heteroatoms. The van der Waals surface area contributed by atoms with Crippen LogP contribution in [0.2, 0.25) is 0 Å². The van der Waals surface area contributed by atoms with Crippen molar-refractivity contribution in [3.63, 3.8) is 0 Å². The molecule has 0 aromatic heterocycles. The van der Waals surface area contributed by atoms with Gasteiger partial charge in [-0.25, -0.2) is 4.79 Å². The van der Waals surface area contributed by atoms with E-state index in [0.717, 1.165) is 18.5 Å². The molecule has 0 fully saturated rings. The van der Waals surface area contributed by atoms with E-state index in [4.69, 9.17) is 9.73 Å². The molecule has 196 valence electrons. The highest BCUT2D eigenvalue weighted by atomic mass is 16.7. The van der Waals surface area contributed by atoms with Crippen molar-refractivity contribution in [1.82, 2.24) is 10.2 Å². The summed E-state index contributed by atoms with van der Waals surface area (Å²) in [5.74, 6) is -0.890. The molecular weight excluding hydrogens is 484 g/mol. The second-order valence-corrected chi connectivity index (χ2v) is 9.05. The smallest absolute Gasteiger partial charge is 0.437 e. The maximum atomic E-state index is 13.2. The van der Waals surface area contributed by atoms with E-state index in [-0.39, 0.29) is 17.6 Å². The highest BCUT2D eigenvalue weighted by molar-refractivity contribution is 6.24. The van der Waals surface area contributed by atoms with Gasteiger partial charge in [0.15, 0.2) is 0 Å². The van der Waals surface area contributed by atoms with Crippen molar-refractivity contribution >= 4 is 35.1 Å². The molecule has 9 nitrogen and oxygen atoms in total. The van der Waals surface area contributed by atoms with Crippen molar-refractivity contribution < 1.29 is 23.9 Å². The molecule has 0 spiro atoms. The number of hydrogen-bond donors (Lipinski definition) is 2. The Hall–Kier alpha value is -4.50. The average molecular weight is 515 g/mol. The van der Waals surface area contributed by atoms with Crippen LogP contribution in [-0.2, 0) is 9.53 Å². The van der Waals surface area contributed by atoms with Crippen LogP contribution >= 0.6 is 0 Å².